The van der Waals surface area contributed by atoms with Gasteiger partial charge in [0.15, 0.2) is 0 Å². The summed E-state index contributed by atoms with van der Waals surface area (Å²) in [5, 5.41) is 3.41. The molecule has 3 aromatic carbocycles. The number of halogens is 1. The molecule has 0 aliphatic rings. The molecule has 0 heterocycles. The van der Waals surface area contributed by atoms with E-state index < -0.39 is 28.5 Å². The van der Waals surface area contributed by atoms with Crippen LogP contribution in [-0.4, -0.2) is 51.4 Å². The van der Waals surface area contributed by atoms with Crippen LogP contribution in [0.2, 0.25) is 5.02 Å². The molecular weight excluding hydrogens is 550 g/mol. The normalized spacial score (nSPS) is 12.1. The molecule has 40 heavy (non-hydrogen) atoms. The number of anilines is 1. The molecule has 3 rings (SSSR count). The minimum absolute atomic E-state index is 0.0423. The maximum atomic E-state index is 14.0. The van der Waals surface area contributed by atoms with Gasteiger partial charge in [0.2, 0.25) is 11.8 Å². The summed E-state index contributed by atoms with van der Waals surface area (Å²) in [6.45, 7) is 7.45. The van der Waals surface area contributed by atoms with Crippen LogP contribution in [0.3, 0.4) is 0 Å². The largest absolute Gasteiger partial charge is 0.497 e. The molecule has 1 N–H and O–H groups in total. The van der Waals surface area contributed by atoms with E-state index in [0.717, 1.165) is 15.4 Å². The van der Waals surface area contributed by atoms with Crippen LogP contribution < -0.4 is 14.4 Å². The predicted molar refractivity (Wildman–Crippen MR) is 158 cm³/mol. The van der Waals surface area contributed by atoms with Gasteiger partial charge in [-0.1, -0.05) is 61.3 Å². The highest BCUT2D eigenvalue weighted by Crippen LogP contribution is 2.28. The van der Waals surface area contributed by atoms with Crippen LogP contribution in [0.4, 0.5) is 5.69 Å². The van der Waals surface area contributed by atoms with Gasteiger partial charge in [0.05, 0.1) is 17.7 Å². The number of ether oxygens (including phenoxy) is 1. The quantitative estimate of drug-likeness (QED) is 0.321. The summed E-state index contributed by atoms with van der Waals surface area (Å²) < 4.78 is 34.2. The first-order chi connectivity index (χ1) is 18.9. The third-order valence-electron chi connectivity index (χ3n) is 6.35. The molecule has 8 nitrogen and oxygen atoms in total. The van der Waals surface area contributed by atoms with E-state index in [1.807, 2.05) is 20.8 Å². The lowest BCUT2D eigenvalue weighted by Crippen LogP contribution is -2.51. The molecule has 0 radical (unpaired) electrons. The fraction of sp³-hybridized carbons (Fsp3) is 0.333. The average molecular weight is 586 g/mol. The van der Waals surface area contributed by atoms with Gasteiger partial charge in [-0.2, -0.15) is 0 Å². The number of hydrogen-bond donors (Lipinski definition) is 1. The minimum Gasteiger partial charge on any atom is -0.497 e. The molecular formula is C30H36ClN3O5S. The Bertz CT molecular complexity index is 1410. The molecule has 3 aromatic rings. The first-order valence-electron chi connectivity index (χ1n) is 13.0. The number of aryl methyl sites for hydroxylation is 1. The Labute approximate surface area is 241 Å². The van der Waals surface area contributed by atoms with Crippen LogP contribution in [0.5, 0.6) is 5.75 Å². The molecule has 0 saturated heterocycles. The van der Waals surface area contributed by atoms with Crippen molar-refractivity contribution in [1.82, 2.24) is 10.2 Å². The summed E-state index contributed by atoms with van der Waals surface area (Å²) in [4.78, 5) is 28.4. The lowest BCUT2D eigenvalue weighted by molar-refractivity contribution is -0.139. The van der Waals surface area contributed by atoms with Gasteiger partial charge >= 0.3 is 0 Å². The monoisotopic (exact) mass is 585 g/mol. The highest BCUT2D eigenvalue weighted by atomic mass is 35.5. The number of sulfonamides is 1. The second-order valence-corrected chi connectivity index (χ2v) is 12.3. The molecule has 0 aromatic heterocycles. The van der Waals surface area contributed by atoms with E-state index in [1.165, 1.54) is 24.1 Å². The number of amides is 2. The molecule has 214 valence electrons. The highest BCUT2D eigenvalue weighted by molar-refractivity contribution is 7.92. The Morgan fingerprint density at radius 2 is 1.62 bits per heavy atom. The van der Waals surface area contributed by atoms with Gasteiger partial charge in [0.1, 0.15) is 18.3 Å². The zero-order chi connectivity index (χ0) is 29.4. The van der Waals surface area contributed by atoms with Gasteiger partial charge in [-0.15, -0.1) is 0 Å². The molecule has 1 atom stereocenters. The SMILES string of the molecule is COc1cccc(N(CC(=O)N(Cc2ccc(Cl)cc2)[C@H](C)C(=O)NCC(C)C)S(=O)(=O)c2ccc(C)cc2)c1. The Morgan fingerprint density at radius 1 is 0.975 bits per heavy atom. The van der Waals surface area contributed by atoms with E-state index in [1.54, 1.807) is 67.6 Å². The van der Waals surface area contributed by atoms with Crippen LogP contribution in [0.15, 0.2) is 77.7 Å². The van der Waals surface area contributed by atoms with Crippen molar-refractivity contribution in [3.05, 3.63) is 88.9 Å². The average Bonchev–Trinajstić information content (AvgIpc) is 2.93. The van der Waals surface area contributed by atoms with Crippen molar-refractivity contribution in [1.29, 1.82) is 0 Å². The highest BCUT2D eigenvalue weighted by Gasteiger charge is 2.32. The van der Waals surface area contributed by atoms with Crippen molar-refractivity contribution < 1.29 is 22.7 Å². The maximum Gasteiger partial charge on any atom is 0.264 e. The van der Waals surface area contributed by atoms with Gasteiger partial charge in [0.25, 0.3) is 10.0 Å². The first-order valence-corrected chi connectivity index (χ1v) is 14.8. The third kappa shape index (κ3) is 7.99. The fourth-order valence-electron chi connectivity index (χ4n) is 3.95. The number of carbonyl (C=O) groups excluding carboxylic acids is 2. The summed E-state index contributed by atoms with van der Waals surface area (Å²) in [6, 6.07) is 19.0. The summed E-state index contributed by atoms with van der Waals surface area (Å²) in [7, 11) is -2.68. The zero-order valence-corrected chi connectivity index (χ0v) is 25.0. The second-order valence-electron chi connectivity index (χ2n) is 9.99. The summed E-state index contributed by atoms with van der Waals surface area (Å²) in [5.41, 5.74) is 1.91. The predicted octanol–water partition coefficient (Wildman–Crippen LogP) is 5.04. The molecule has 0 spiro atoms. The number of hydrogen-bond acceptors (Lipinski definition) is 5. The molecule has 0 unspecified atom stereocenters. The van der Waals surface area contributed by atoms with Crippen LogP contribution in [0.1, 0.15) is 31.9 Å². The van der Waals surface area contributed by atoms with Crippen molar-refractivity contribution >= 4 is 39.1 Å². The molecule has 2 amide bonds. The zero-order valence-electron chi connectivity index (χ0n) is 23.4. The van der Waals surface area contributed by atoms with E-state index in [4.69, 9.17) is 16.3 Å². The molecule has 10 heteroatoms. The molecule has 0 aliphatic heterocycles. The summed E-state index contributed by atoms with van der Waals surface area (Å²) >= 11 is 6.05. The lowest BCUT2D eigenvalue weighted by atomic mass is 10.1. The Morgan fingerprint density at radius 3 is 2.23 bits per heavy atom. The number of nitrogens with zero attached hydrogens (tertiary/aromatic N) is 2. The number of carbonyl (C=O) groups is 2. The van der Waals surface area contributed by atoms with Crippen LogP contribution in [0, 0.1) is 12.8 Å². The van der Waals surface area contributed by atoms with Crippen molar-refractivity contribution in [2.75, 3.05) is 24.5 Å². The minimum atomic E-state index is -4.16. The van der Waals surface area contributed by atoms with Crippen molar-refractivity contribution in [2.24, 2.45) is 5.92 Å². The van der Waals surface area contributed by atoms with Gasteiger partial charge in [-0.3, -0.25) is 13.9 Å². The number of rotatable bonds is 12. The van der Waals surface area contributed by atoms with Crippen molar-refractivity contribution in [3.8, 4) is 5.75 Å². The van der Waals surface area contributed by atoms with Gasteiger partial charge in [0, 0.05) is 24.2 Å². The van der Waals surface area contributed by atoms with Gasteiger partial charge < -0.3 is 15.0 Å². The second kappa shape index (κ2) is 13.7. The Hall–Kier alpha value is -3.56. The van der Waals surface area contributed by atoms with E-state index in [-0.39, 0.29) is 29.0 Å². The van der Waals surface area contributed by atoms with E-state index in [2.05, 4.69) is 5.32 Å². The smallest absolute Gasteiger partial charge is 0.264 e. The molecule has 0 fully saturated rings. The lowest BCUT2D eigenvalue weighted by Gasteiger charge is -2.32. The molecule has 0 aliphatic carbocycles. The fourth-order valence-corrected chi connectivity index (χ4v) is 5.49. The van der Waals surface area contributed by atoms with Crippen molar-refractivity contribution in [2.45, 2.75) is 45.2 Å². The first kappa shape index (κ1) is 31.0. The third-order valence-corrected chi connectivity index (χ3v) is 8.39. The van der Waals surface area contributed by atoms with E-state index >= 15 is 0 Å². The van der Waals surface area contributed by atoms with Gasteiger partial charge in [-0.05, 0) is 61.7 Å². The Balaban J connectivity index is 2.02. The van der Waals surface area contributed by atoms with E-state index in [0.29, 0.717) is 17.3 Å². The summed E-state index contributed by atoms with van der Waals surface area (Å²) in [6.07, 6.45) is 0. The number of nitrogens with one attached hydrogen (secondary N) is 1. The molecule has 0 saturated carbocycles. The van der Waals surface area contributed by atoms with Crippen LogP contribution in [-0.2, 0) is 26.2 Å². The van der Waals surface area contributed by atoms with Crippen LogP contribution in [0.25, 0.3) is 0 Å². The Kier molecular flexibility index (Phi) is 10.6. The maximum absolute atomic E-state index is 14.0. The van der Waals surface area contributed by atoms with E-state index in [9.17, 15) is 18.0 Å². The van der Waals surface area contributed by atoms with Crippen molar-refractivity contribution in [3.63, 3.8) is 0 Å². The topological polar surface area (TPSA) is 96.0 Å². The van der Waals surface area contributed by atoms with Gasteiger partial charge in [-0.25, -0.2) is 8.42 Å². The number of methoxy groups -OCH3 is 1. The van der Waals surface area contributed by atoms with Crippen LogP contribution >= 0.6 is 11.6 Å². The molecule has 0 bridgehead atoms. The summed E-state index contributed by atoms with van der Waals surface area (Å²) in [5.74, 6) is -0.209. The standard InChI is InChI=1S/C30H36ClN3O5S/c1-21(2)18-32-30(36)23(4)33(19-24-11-13-25(31)14-12-24)29(35)20-34(26-7-6-8-27(17-26)39-5)40(37,38)28-15-9-22(3)10-16-28/h6-17,21,23H,18-20H2,1-5H3,(H,32,36)/t23-/m1/s1. The number of benzene rings is 3.